The van der Waals surface area contributed by atoms with Crippen molar-refractivity contribution >= 4 is 114 Å². The Morgan fingerprint density at radius 2 is 0.776 bits per heavy atom. The van der Waals surface area contributed by atoms with Crippen molar-refractivity contribution in [2.75, 3.05) is 22.1 Å². The van der Waals surface area contributed by atoms with Crippen molar-refractivity contribution in [3.63, 3.8) is 0 Å². The van der Waals surface area contributed by atoms with Gasteiger partial charge in [0.05, 0.1) is 34.1 Å². The molecule has 21 nitrogen and oxygen atoms in total. The molecule has 0 saturated heterocycles. The number of nitrogens with two attached hydrogens (primary N) is 2. The average Bonchev–Trinajstić information content (AvgIpc) is 3.11. The molecule has 0 aliphatic heterocycles. The van der Waals surface area contributed by atoms with E-state index in [1.165, 1.54) is 84.9 Å². The number of hydrogen-bond acceptors (Lipinski definition) is 15. The third kappa shape index (κ3) is 8.75. The minimum absolute atomic E-state index is 0.00118. The molecule has 0 aromatic heterocycles. The van der Waals surface area contributed by atoms with Crippen LogP contribution in [0.1, 0.15) is 0 Å². The van der Waals surface area contributed by atoms with Gasteiger partial charge in [-0.1, -0.05) is 24.3 Å². The fourth-order valence-corrected chi connectivity index (χ4v) is 9.99. The second-order valence-electron chi connectivity index (χ2n) is 12.0. The number of fused-ring (bicyclic) bond motifs is 2. The lowest BCUT2D eigenvalue weighted by Crippen LogP contribution is -2.19. The Morgan fingerprint density at radius 3 is 1.09 bits per heavy atom. The number of urea groups is 1. The van der Waals surface area contributed by atoms with Crippen LogP contribution in [0.25, 0.3) is 21.5 Å². The molecule has 0 spiro atoms. The highest BCUT2D eigenvalue weighted by atomic mass is 32.2. The number of nitrogens with one attached hydrogen (secondary N) is 2. The number of carbonyl (C=O) groups is 1. The Labute approximate surface area is 328 Å². The van der Waals surface area contributed by atoms with Crippen molar-refractivity contribution in [2.45, 2.75) is 19.6 Å². The van der Waals surface area contributed by atoms with E-state index in [4.69, 9.17) is 11.5 Å². The summed E-state index contributed by atoms with van der Waals surface area (Å²) in [5, 5.41) is 21.0. The van der Waals surface area contributed by atoms with E-state index in [9.17, 15) is 56.7 Å². The zero-order chi connectivity index (χ0) is 42.4. The summed E-state index contributed by atoms with van der Waals surface area (Å²) in [5.41, 5.74) is 11.5. The maximum atomic E-state index is 12.7. The van der Waals surface area contributed by atoms with Crippen LogP contribution in [0.5, 0.6) is 0 Å². The second-order valence-corrected chi connectivity index (χ2v) is 17.4. The Hall–Kier alpha value is -6.45. The number of benzene rings is 6. The Morgan fingerprint density at radius 1 is 0.448 bits per heavy atom. The molecule has 0 aliphatic carbocycles. The van der Waals surface area contributed by atoms with Gasteiger partial charge in [0.2, 0.25) is 0 Å². The molecule has 10 N–H and O–H groups in total. The maximum absolute atomic E-state index is 12.7. The van der Waals surface area contributed by atoms with Gasteiger partial charge in [0.25, 0.3) is 40.5 Å². The summed E-state index contributed by atoms with van der Waals surface area (Å²) < 4.78 is 135. The first-order chi connectivity index (χ1) is 27.0. The molecule has 6 aromatic carbocycles. The van der Waals surface area contributed by atoms with E-state index >= 15 is 0 Å². The molecule has 6 aromatic rings. The van der Waals surface area contributed by atoms with Crippen LogP contribution >= 0.6 is 0 Å². The highest BCUT2D eigenvalue weighted by molar-refractivity contribution is 7.89. The van der Waals surface area contributed by atoms with Gasteiger partial charge in [-0.15, -0.1) is 10.2 Å². The Bertz CT molecular complexity index is 2980. The second kappa shape index (κ2) is 15.1. The van der Waals surface area contributed by atoms with Crippen LogP contribution in [-0.2, 0) is 40.5 Å². The topological polar surface area (TPSA) is 360 Å². The first-order valence-corrected chi connectivity index (χ1v) is 21.5. The van der Waals surface area contributed by atoms with E-state index in [0.717, 1.165) is 12.1 Å². The molecule has 58 heavy (non-hydrogen) atoms. The van der Waals surface area contributed by atoms with E-state index in [1.54, 1.807) is 0 Å². The molecule has 0 atom stereocenters. The van der Waals surface area contributed by atoms with Crippen molar-refractivity contribution in [1.29, 1.82) is 0 Å². The Kier molecular flexibility index (Phi) is 10.8. The van der Waals surface area contributed by atoms with Crippen molar-refractivity contribution in [3.05, 3.63) is 97.1 Å². The van der Waals surface area contributed by atoms with Crippen molar-refractivity contribution in [2.24, 2.45) is 20.5 Å². The number of nitrogen functional groups attached to an aromatic ring is 2. The van der Waals surface area contributed by atoms with Gasteiger partial charge in [0, 0.05) is 32.9 Å². The zero-order valence-electron chi connectivity index (χ0n) is 28.8. The highest BCUT2D eigenvalue weighted by Crippen LogP contribution is 2.40. The summed E-state index contributed by atoms with van der Waals surface area (Å²) in [6.45, 7) is 0. The number of amides is 2. The number of carbonyl (C=O) groups excluding carboxylic acids is 1. The van der Waals surface area contributed by atoms with Crippen LogP contribution in [0.2, 0.25) is 0 Å². The molecule has 300 valence electrons. The summed E-state index contributed by atoms with van der Waals surface area (Å²) in [6, 6.07) is 21.3. The van der Waals surface area contributed by atoms with Crippen LogP contribution in [0.4, 0.5) is 50.3 Å². The largest absolute Gasteiger partial charge is 0.398 e. The zero-order valence-corrected chi connectivity index (χ0v) is 32.0. The summed E-state index contributed by atoms with van der Waals surface area (Å²) in [4.78, 5) is 8.09. The number of nitrogens with zero attached hydrogens (tertiary/aromatic N) is 4. The van der Waals surface area contributed by atoms with Crippen molar-refractivity contribution in [1.82, 2.24) is 0 Å². The van der Waals surface area contributed by atoms with Crippen molar-refractivity contribution < 1.29 is 56.7 Å². The Balaban J connectivity index is 1.14. The third-order valence-electron chi connectivity index (χ3n) is 8.02. The van der Waals surface area contributed by atoms with Gasteiger partial charge in [-0.2, -0.15) is 43.9 Å². The molecule has 0 aliphatic rings. The van der Waals surface area contributed by atoms with Crippen LogP contribution in [-0.4, -0.2) is 57.9 Å². The maximum Gasteiger partial charge on any atom is 0.323 e. The third-order valence-corrected chi connectivity index (χ3v) is 12.1. The van der Waals surface area contributed by atoms with Gasteiger partial charge in [0.1, 0.15) is 19.6 Å². The smallest absolute Gasteiger partial charge is 0.323 e. The SMILES string of the molecule is Nc1cc2c(/N=N/c3ccc(NC(=O)Nc4ccc(/N=N/c5cccc6c(S(=O)(=O)O)c(S(=O)(=O)O)c(N)cc56)cc4)cc3)cccc2c(S(=O)(=O)O)c1S(=O)(=O)O. The predicted molar refractivity (Wildman–Crippen MR) is 210 cm³/mol. The molecule has 0 saturated carbocycles. The standard InChI is InChI=1S/C33H26N8O13S4/c34-25-15-23-21(29(55(43,44)45)31(25)57(49,50)51)3-1-5-27(23)40-38-19-11-7-17(8-12-19)36-33(42)37-18-9-13-20(14-10-18)39-41-28-6-2-4-22-24(28)16-26(35)32(58(52,53)54)30(22)56(46,47)48/h1-16H,34-35H2,(H2,36,37,42)(H,43,44,45)(H,46,47,48)(H,49,50,51)(H,52,53,54)/b40-38+,41-39+. The monoisotopic (exact) mass is 870 g/mol. The van der Waals surface area contributed by atoms with Crippen LogP contribution in [0.15, 0.2) is 137 Å². The number of anilines is 4. The average molecular weight is 871 g/mol. The fraction of sp³-hybridized carbons (Fsp3) is 0. The summed E-state index contributed by atoms with van der Waals surface area (Å²) >= 11 is 0. The van der Waals surface area contributed by atoms with E-state index in [-0.39, 0.29) is 44.3 Å². The highest BCUT2D eigenvalue weighted by Gasteiger charge is 2.31. The molecule has 0 fully saturated rings. The molecule has 0 bridgehead atoms. The van der Waals surface area contributed by atoms with Gasteiger partial charge < -0.3 is 22.1 Å². The molecule has 0 heterocycles. The molecular weight excluding hydrogens is 845 g/mol. The first-order valence-electron chi connectivity index (χ1n) is 15.7. The minimum atomic E-state index is -5.20. The quantitative estimate of drug-likeness (QED) is 0.0407. The lowest BCUT2D eigenvalue weighted by Gasteiger charge is -2.12. The van der Waals surface area contributed by atoms with Gasteiger partial charge in [-0.3, -0.25) is 18.2 Å². The number of azo groups is 2. The van der Waals surface area contributed by atoms with Gasteiger partial charge in [0.15, 0.2) is 0 Å². The van der Waals surface area contributed by atoms with Crippen LogP contribution in [0.3, 0.4) is 0 Å². The normalized spacial score (nSPS) is 12.8. The van der Waals surface area contributed by atoms with Crippen molar-refractivity contribution in [3.8, 4) is 0 Å². The number of hydrogen-bond donors (Lipinski definition) is 8. The molecule has 2 amide bonds. The van der Waals surface area contributed by atoms with Crippen LogP contribution in [0, 0.1) is 0 Å². The van der Waals surface area contributed by atoms with Crippen LogP contribution < -0.4 is 22.1 Å². The van der Waals surface area contributed by atoms with E-state index < -0.39 is 77.5 Å². The molecule has 25 heteroatoms. The predicted octanol–water partition coefficient (Wildman–Crippen LogP) is 6.62. The number of rotatable bonds is 10. The summed E-state index contributed by atoms with van der Waals surface area (Å²) in [7, 11) is -20.7. The lowest BCUT2D eigenvalue weighted by molar-refractivity contribution is 0.262. The van der Waals surface area contributed by atoms with E-state index in [1.807, 2.05) is 0 Å². The molecule has 6 rings (SSSR count). The fourth-order valence-electron chi connectivity index (χ4n) is 5.71. The summed E-state index contributed by atoms with van der Waals surface area (Å²) in [5.74, 6) is 0. The molecule has 0 unspecified atom stereocenters. The lowest BCUT2D eigenvalue weighted by atomic mass is 10.1. The molecular formula is C33H26N8O13S4. The first kappa shape index (κ1) is 41.2. The minimum Gasteiger partial charge on any atom is -0.398 e. The van der Waals surface area contributed by atoms with E-state index in [0.29, 0.717) is 11.4 Å². The van der Waals surface area contributed by atoms with E-state index in [2.05, 4.69) is 31.1 Å². The molecule has 0 radical (unpaired) electrons. The van der Waals surface area contributed by atoms with Gasteiger partial charge in [-0.05, 0) is 72.8 Å². The van der Waals surface area contributed by atoms with Gasteiger partial charge >= 0.3 is 6.03 Å². The summed E-state index contributed by atoms with van der Waals surface area (Å²) in [6.07, 6.45) is 0. The van der Waals surface area contributed by atoms with Gasteiger partial charge in [-0.25, -0.2) is 4.79 Å².